The second kappa shape index (κ2) is 35.5. The van der Waals surface area contributed by atoms with E-state index in [0.29, 0.717) is 201 Å². The van der Waals surface area contributed by atoms with Gasteiger partial charge in [0, 0.05) is 25.0 Å². The van der Waals surface area contributed by atoms with Gasteiger partial charge in [0.25, 0.3) is 0 Å². The fourth-order valence-corrected chi connectivity index (χ4v) is 6.48. The topological polar surface area (TPSA) is 195 Å². The number of hydrogen-bond donors (Lipinski definition) is 0. The first kappa shape index (κ1) is 57.0. The summed E-state index contributed by atoms with van der Waals surface area (Å²) in [5.74, 6) is 0.231. The summed E-state index contributed by atoms with van der Waals surface area (Å²) in [5, 5.41) is 1.03. The Morgan fingerprint density at radius 3 is 1.04 bits per heavy atom. The van der Waals surface area contributed by atoms with E-state index in [1.165, 1.54) is 7.11 Å². The monoisotopic (exact) mass is 973 g/mol. The first-order valence-electron chi connectivity index (χ1n) is 23.2. The largest absolute Gasteiger partial charge is 0.491 e. The van der Waals surface area contributed by atoms with E-state index in [4.69, 9.17) is 80.8 Å². The zero-order valence-corrected chi connectivity index (χ0v) is 40.9. The van der Waals surface area contributed by atoms with Crippen molar-refractivity contribution in [1.82, 2.24) is 4.98 Å². The molecule has 384 valence electrons. The van der Waals surface area contributed by atoms with Crippen LogP contribution < -0.4 is 14.2 Å². The summed E-state index contributed by atoms with van der Waals surface area (Å²) in [7, 11) is 4.58. The number of carbonyl (C=O) groups is 2. The lowest BCUT2D eigenvalue weighted by molar-refractivity contribution is -0.0159. The molecule has 0 radical (unpaired) electrons. The summed E-state index contributed by atoms with van der Waals surface area (Å²) in [5.41, 5.74) is 2.92. The van der Waals surface area contributed by atoms with Crippen molar-refractivity contribution in [1.29, 1.82) is 0 Å². The standard InChI is InChI=1S/C50H71NO18/c1-38-34-40(49(52)56-5)35-39(2)48(38)69-50(53)47-43-36-41(67-32-30-65-28-26-63-24-22-61-20-18-59-16-14-57-12-10-54-3)6-8-45(43)51-46-9-7-42(37-44(46)47)68-33-31-66-29-27-64-25-23-62-21-19-60-17-15-58-13-11-55-4/h6-9,34-37H,10-33H2,1-5H3. The third kappa shape index (κ3) is 22.3. The van der Waals surface area contributed by atoms with E-state index < -0.39 is 11.9 Å². The van der Waals surface area contributed by atoms with Crippen molar-refractivity contribution in [2.45, 2.75) is 13.8 Å². The summed E-state index contributed by atoms with van der Waals surface area (Å²) >= 11 is 0. The number of methoxy groups -OCH3 is 3. The zero-order valence-electron chi connectivity index (χ0n) is 40.9. The molecule has 4 aromatic rings. The number of nitrogens with zero attached hydrogens (tertiary/aromatic N) is 1. The molecular formula is C50H71NO18. The van der Waals surface area contributed by atoms with Gasteiger partial charge in [-0.25, -0.2) is 14.6 Å². The molecule has 0 atom stereocenters. The number of rotatable bonds is 41. The Kier molecular flexibility index (Phi) is 29.3. The highest BCUT2D eigenvalue weighted by Gasteiger charge is 2.22. The summed E-state index contributed by atoms with van der Waals surface area (Å²) in [6.07, 6.45) is 0. The Balaban J connectivity index is 1.26. The minimum atomic E-state index is -0.623. The van der Waals surface area contributed by atoms with Crippen LogP contribution in [0.2, 0.25) is 0 Å². The van der Waals surface area contributed by atoms with Crippen LogP contribution in [-0.2, 0) is 61.6 Å². The summed E-state index contributed by atoms with van der Waals surface area (Å²) in [6, 6.07) is 13.9. The Bertz CT molecular complexity index is 1930. The van der Waals surface area contributed by atoms with Crippen molar-refractivity contribution >= 4 is 33.7 Å². The molecule has 1 aromatic heterocycles. The molecule has 19 nitrogen and oxygen atoms in total. The summed E-state index contributed by atoms with van der Waals surface area (Å²) < 4.78 is 88.3. The number of benzene rings is 3. The molecule has 0 aliphatic heterocycles. The van der Waals surface area contributed by atoms with Gasteiger partial charge in [0.2, 0.25) is 0 Å². The zero-order chi connectivity index (χ0) is 49.2. The van der Waals surface area contributed by atoms with E-state index >= 15 is 0 Å². The van der Waals surface area contributed by atoms with Gasteiger partial charge in [-0.1, -0.05) is 0 Å². The van der Waals surface area contributed by atoms with Crippen LogP contribution >= 0.6 is 0 Å². The molecule has 0 N–H and O–H groups in total. The molecule has 4 rings (SSSR count). The molecular weight excluding hydrogens is 903 g/mol. The third-order valence-corrected chi connectivity index (χ3v) is 9.83. The molecule has 0 spiro atoms. The second-order valence-electron chi connectivity index (χ2n) is 15.0. The van der Waals surface area contributed by atoms with Crippen molar-refractivity contribution in [3.8, 4) is 17.2 Å². The van der Waals surface area contributed by atoms with Gasteiger partial charge in [-0.2, -0.15) is 0 Å². The molecule has 0 unspecified atom stereocenters. The van der Waals surface area contributed by atoms with E-state index in [1.807, 2.05) is 0 Å². The highest BCUT2D eigenvalue weighted by Crippen LogP contribution is 2.34. The van der Waals surface area contributed by atoms with Gasteiger partial charge in [0.15, 0.2) is 0 Å². The van der Waals surface area contributed by atoms with Crippen LogP contribution in [0.15, 0.2) is 48.5 Å². The van der Waals surface area contributed by atoms with Crippen LogP contribution in [0.1, 0.15) is 31.8 Å². The maximum Gasteiger partial charge on any atom is 0.344 e. The van der Waals surface area contributed by atoms with Gasteiger partial charge in [-0.3, -0.25) is 0 Å². The number of aryl methyl sites for hydroxylation is 2. The van der Waals surface area contributed by atoms with Crippen molar-refractivity contribution in [2.75, 3.05) is 180 Å². The van der Waals surface area contributed by atoms with Crippen LogP contribution in [0, 0.1) is 13.8 Å². The predicted octanol–water partition coefficient (Wildman–Crippen LogP) is 5.23. The van der Waals surface area contributed by atoms with Crippen molar-refractivity contribution in [3.05, 3.63) is 70.8 Å². The van der Waals surface area contributed by atoms with E-state index in [9.17, 15) is 9.59 Å². The number of pyridine rings is 1. The lowest BCUT2D eigenvalue weighted by atomic mass is 10.0. The lowest BCUT2D eigenvalue weighted by Crippen LogP contribution is -2.15. The van der Waals surface area contributed by atoms with Gasteiger partial charge < -0.3 is 75.8 Å². The van der Waals surface area contributed by atoms with E-state index in [0.717, 1.165) is 0 Å². The lowest BCUT2D eigenvalue weighted by Gasteiger charge is -2.16. The van der Waals surface area contributed by atoms with Crippen LogP contribution in [0.3, 0.4) is 0 Å². The molecule has 0 amide bonds. The maximum absolute atomic E-state index is 14.4. The fourth-order valence-electron chi connectivity index (χ4n) is 6.48. The quantitative estimate of drug-likeness (QED) is 0.0243. The van der Waals surface area contributed by atoms with Gasteiger partial charge in [-0.05, 0) is 73.5 Å². The van der Waals surface area contributed by atoms with Gasteiger partial charge >= 0.3 is 11.9 Å². The first-order chi connectivity index (χ1) is 33.9. The molecule has 0 fully saturated rings. The molecule has 0 bridgehead atoms. The van der Waals surface area contributed by atoms with Crippen LogP contribution in [0.4, 0.5) is 0 Å². The number of hydrogen-bond acceptors (Lipinski definition) is 19. The minimum absolute atomic E-state index is 0.252. The highest BCUT2D eigenvalue weighted by molar-refractivity contribution is 6.15. The molecule has 0 aliphatic rings. The van der Waals surface area contributed by atoms with E-state index in [1.54, 1.807) is 76.6 Å². The number of aromatic nitrogens is 1. The molecule has 1 heterocycles. The van der Waals surface area contributed by atoms with Gasteiger partial charge in [-0.15, -0.1) is 0 Å². The van der Waals surface area contributed by atoms with Gasteiger partial charge in [0.05, 0.1) is 175 Å². The third-order valence-electron chi connectivity index (χ3n) is 9.83. The second-order valence-corrected chi connectivity index (χ2v) is 15.0. The van der Waals surface area contributed by atoms with Crippen molar-refractivity contribution < 1.29 is 85.4 Å². The minimum Gasteiger partial charge on any atom is -0.491 e. The average Bonchev–Trinajstić information content (AvgIpc) is 3.35. The number of esters is 2. The van der Waals surface area contributed by atoms with Crippen LogP contribution in [-0.4, -0.2) is 197 Å². The van der Waals surface area contributed by atoms with E-state index in [-0.39, 0.29) is 18.8 Å². The first-order valence-corrected chi connectivity index (χ1v) is 23.2. The predicted molar refractivity (Wildman–Crippen MR) is 254 cm³/mol. The molecule has 0 aliphatic carbocycles. The van der Waals surface area contributed by atoms with Crippen molar-refractivity contribution in [2.24, 2.45) is 0 Å². The Hall–Kier alpha value is -4.61. The van der Waals surface area contributed by atoms with Crippen LogP contribution in [0.5, 0.6) is 17.2 Å². The molecule has 0 saturated heterocycles. The summed E-state index contributed by atoms with van der Waals surface area (Å²) in [4.78, 5) is 31.5. The Labute approximate surface area is 405 Å². The fraction of sp³-hybridized carbons (Fsp3) is 0.580. The number of carbonyl (C=O) groups excluding carboxylic acids is 2. The average molecular weight is 974 g/mol. The van der Waals surface area contributed by atoms with Crippen LogP contribution in [0.25, 0.3) is 21.8 Å². The molecule has 69 heavy (non-hydrogen) atoms. The normalized spacial score (nSPS) is 11.4. The van der Waals surface area contributed by atoms with Gasteiger partial charge in [0.1, 0.15) is 30.5 Å². The Morgan fingerprint density at radius 1 is 0.406 bits per heavy atom. The number of ether oxygens (including phenoxy) is 16. The highest BCUT2D eigenvalue weighted by atomic mass is 16.6. The Morgan fingerprint density at radius 2 is 0.725 bits per heavy atom. The smallest absolute Gasteiger partial charge is 0.344 e. The molecule has 19 heteroatoms. The van der Waals surface area contributed by atoms with E-state index in [2.05, 4.69) is 0 Å². The summed E-state index contributed by atoms with van der Waals surface area (Å²) in [6.45, 7) is 14.2. The SMILES string of the molecule is COCCOCCOCCOCCOCCOCCOc1ccc2nc3ccc(OCCOCCOCCOCCOCCOCCOC)cc3c(C(=O)Oc3c(C)cc(C(=O)OC)cc3C)c2c1. The maximum atomic E-state index is 14.4. The number of fused-ring (bicyclic) bond motifs is 2. The molecule has 3 aromatic carbocycles. The molecule has 0 saturated carbocycles. The van der Waals surface area contributed by atoms with Crippen molar-refractivity contribution in [3.63, 3.8) is 0 Å².